The quantitative estimate of drug-likeness (QED) is 0.748. The van der Waals surface area contributed by atoms with Gasteiger partial charge in [-0.25, -0.2) is 9.18 Å². The van der Waals surface area contributed by atoms with Gasteiger partial charge in [0.05, 0.1) is 12.7 Å². The first-order chi connectivity index (χ1) is 11.6. The molecule has 0 aliphatic carbocycles. The number of carboxylic acid groups (broad SMARTS) is 1. The van der Waals surface area contributed by atoms with E-state index in [-0.39, 0.29) is 31.0 Å². The first kappa shape index (κ1) is 18.2. The second-order valence-corrected chi connectivity index (χ2v) is 5.84. The number of carbonyl (C=O) groups excluding carboxylic acids is 1. The van der Waals surface area contributed by atoms with Crippen LogP contribution in [-0.4, -0.2) is 47.7 Å². The Bertz CT molecular complexity index is 567. The molecule has 0 unspecified atom stereocenters. The van der Waals surface area contributed by atoms with Crippen molar-refractivity contribution in [2.75, 3.05) is 19.6 Å². The highest BCUT2D eigenvalue weighted by molar-refractivity contribution is 5.74. The number of urea groups is 1. The predicted molar refractivity (Wildman–Crippen MR) is 86.1 cm³/mol. The predicted octanol–water partition coefficient (Wildman–Crippen LogP) is 2.38. The lowest BCUT2D eigenvalue weighted by atomic mass is 10.1. The molecule has 1 heterocycles. The molecule has 0 spiro atoms. The maximum absolute atomic E-state index is 13.6. The number of likely N-dealkylation sites (tertiary alicyclic amines) is 1. The number of nitrogens with one attached hydrogen (secondary N) is 1. The van der Waals surface area contributed by atoms with Crippen LogP contribution in [0.2, 0.25) is 0 Å². The molecule has 0 radical (unpaired) electrons. The lowest BCUT2D eigenvalue weighted by Crippen LogP contribution is -2.48. The Balaban J connectivity index is 1.73. The molecule has 2 rings (SSSR count). The van der Waals surface area contributed by atoms with Gasteiger partial charge in [-0.1, -0.05) is 18.2 Å². The van der Waals surface area contributed by atoms with Gasteiger partial charge in [0.15, 0.2) is 0 Å². The molecule has 2 amide bonds. The third-order valence-corrected chi connectivity index (χ3v) is 3.94. The van der Waals surface area contributed by atoms with Gasteiger partial charge in [0.1, 0.15) is 5.82 Å². The Kier molecular flexibility index (Phi) is 6.99. The zero-order chi connectivity index (χ0) is 17.4. The first-order valence-electron chi connectivity index (χ1n) is 8.16. The van der Waals surface area contributed by atoms with Gasteiger partial charge in [0, 0.05) is 31.6 Å². The van der Waals surface area contributed by atoms with Crippen molar-refractivity contribution < 1.29 is 23.8 Å². The highest BCUT2D eigenvalue weighted by Crippen LogP contribution is 2.16. The second-order valence-electron chi connectivity index (χ2n) is 5.84. The zero-order valence-corrected chi connectivity index (χ0v) is 13.5. The Labute approximate surface area is 140 Å². The molecule has 1 aliphatic heterocycles. The van der Waals surface area contributed by atoms with Crippen molar-refractivity contribution in [3.05, 3.63) is 35.6 Å². The molecule has 2 N–H and O–H groups in total. The van der Waals surface area contributed by atoms with Crippen LogP contribution in [0.5, 0.6) is 0 Å². The van der Waals surface area contributed by atoms with Crippen molar-refractivity contribution in [3.8, 4) is 0 Å². The van der Waals surface area contributed by atoms with E-state index >= 15 is 0 Å². The summed E-state index contributed by atoms with van der Waals surface area (Å²) in [6.07, 6.45) is 1.97. The van der Waals surface area contributed by atoms with Crippen LogP contribution >= 0.6 is 0 Å². The number of benzene rings is 1. The van der Waals surface area contributed by atoms with Crippen molar-refractivity contribution in [3.63, 3.8) is 0 Å². The van der Waals surface area contributed by atoms with Crippen molar-refractivity contribution in [2.24, 2.45) is 0 Å². The minimum atomic E-state index is -0.871. The number of carboxylic acids is 1. The SMILES string of the molecule is O=C(O)CCCNC(=O)N1CCC[C@H](OCc2ccccc2F)C1. The number of hydrogen-bond acceptors (Lipinski definition) is 3. The Morgan fingerprint density at radius 2 is 2.17 bits per heavy atom. The summed E-state index contributed by atoms with van der Waals surface area (Å²) >= 11 is 0. The maximum atomic E-state index is 13.6. The maximum Gasteiger partial charge on any atom is 0.317 e. The standard InChI is InChI=1S/C17H23FN2O4/c18-15-7-2-1-5-13(15)12-24-14-6-4-10-20(11-14)17(23)19-9-3-8-16(21)22/h1-2,5,7,14H,3-4,6,8-12H2,(H,19,23)(H,21,22)/t14-/m0/s1. The fourth-order valence-electron chi connectivity index (χ4n) is 2.63. The fourth-order valence-corrected chi connectivity index (χ4v) is 2.63. The van der Waals surface area contributed by atoms with E-state index in [2.05, 4.69) is 5.32 Å². The molecule has 1 aromatic carbocycles. The van der Waals surface area contributed by atoms with Crippen LogP contribution in [0.3, 0.4) is 0 Å². The summed E-state index contributed by atoms with van der Waals surface area (Å²) in [6.45, 7) is 1.62. The summed E-state index contributed by atoms with van der Waals surface area (Å²) in [7, 11) is 0. The van der Waals surface area contributed by atoms with Gasteiger partial charge in [-0.15, -0.1) is 0 Å². The normalized spacial score (nSPS) is 17.5. The summed E-state index contributed by atoms with van der Waals surface area (Å²) in [5, 5.41) is 11.3. The van der Waals surface area contributed by atoms with Gasteiger partial charge in [-0.05, 0) is 25.3 Å². The molecule has 7 heteroatoms. The number of amides is 2. The molecule has 1 fully saturated rings. The molecule has 0 saturated carbocycles. The number of piperidine rings is 1. The summed E-state index contributed by atoms with van der Waals surface area (Å²) in [5.74, 6) is -1.16. The highest BCUT2D eigenvalue weighted by Gasteiger charge is 2.24. The molecule has 1 atom stereocenters. The summed E-state index contributed by atoms with van der Waals surface area (Å²) in [4.78, 5) is 24.2. The summed E-state index contributed by atoms with van der Waals surface area (Å²) in [6, 6.07) is 6.27. The van der Waals surface area contributed by atoms with Gasteiger partial charge in [0.2, 0.25) is 0 Å². The van der Waals surface area contributed by atoms with Crippen LogP contribution in [0.1, 0.15) is 31.2 Å². The number of aliphatic carboxylic acids is 1. The summed E-state index contributed by atoms with van der Waals surface area (Å²) in [5.41, 5.74) is 0.507. The number of ether oxygens (including phenoxy) is 1. The smallest absolute Gasteiger partial charge is 0.317 e. The molecule has 0 aromatic heterocycles. The average Bonchev–Trinajstić information content (AvgIpc) is 2.58. The zero-order valence-electron chi connectivity index (χ0n) is 13.5. The van der Waals surface area contributed by atoms with E-state index in [1.165, 1.54) is 6.07 Å². The van der Waals surface area contributed by atoms with E-state index < -0.39 is 5.97 Å². The van der Waals surface area contributed by atoms with E-state index in [1.807, 2.05) is 0 Å². The van der Waals surface area contributed by atoms with Gasteiger partial charge in [-0.2, -0.15) is 0 Å². The van der Waals surface area contributed by atoms with Crippen LogP contribution in [0.4, 0.5) is 9.18 Å². The van der Waals surface area contributed by atoms with Gasteiger partial charge >= 0.3 is 12.0 Å². The van der Waals surface area contributed by atoms with Gasteiger partial charge in [-0.3, -0.25) is 4.79 Å². The Morgan fingerprint density at radius 3 is 2.92 bits per heavy atom. The van der Waals surface area contributed by atoms with Crippen LogP contribution in [0.15, 0.2) is 24.3 Å². The molecule has 132 valence electrons. The van der Waals surface area contributed by atoms with E-state index in [0.29, 0.717) is 31.6 Å². The number of rotatable bonds is 7. The Hall–Kier alpha value is -2.15. The van der Waals surface area contributed by atoms with E-state index in [1.54, 1.807) is 23.1 Å². The van der Waals surface area contributed by atoms with E-state index in [9.17, 15) is 14.0 Å². The topological polar surface area (TPSA) is 78.9 Å². The second kappa shape index (κ2) is 9.22. The van der Waals surface area contributed by atoms with Gasteiger partial charge in [0.25, 0.3) is 0 Å². The van der Waals surface area contributed by atoms with Crippen molar-refractivity contribution >= 4 is 12.0 Å². The largest absolute Gasteiger partial charge is 0.481 e. The third-order valence-electron chi connectivity index (χ3n) is 3.94. The molecule has 1 aliphatic rings. The molecule has 24 heavy (non-hydrogen) atoms. The average molecular weight is 338 g/mol. The van der Waals surface area contributed by atoms with Crippen LogP contribution in [-0.2, 0) is 16.1 Å². The molecule has 0 bridgehead atoms. The molecular weight excluding hydrogens is 315 g/mol. The summed E-state index contributed by atoms with van der Waals surface area (Å²) < 4.78 is 19.3. The Morgan fingerprint density at radius 1 is 1.38 bits per heavy atom. The van der Waals surface area contributed by atoms with E-state index in [0.717, 1.165) is 12.8 Å². The van der Waals surface area contributed by atoms with Crippen molar-refractivity contribution in [1.82, 2.24) is 10.2 Å². The van der Waals surface area contributed by atoms with Crippen molar-refractivity contribution in [2.45, 2.75) is 38.4 Å². The number of carbonyl (C=O) groups is 2. The molecule has 6 nitrogen and oxygen atoms in total. The van der Waals surface area contributed by atoms with Crippen LogP contribution < -0.4 is 5.32 Å². The monoisotopic (exact) mass is 338 g/mol. The fraction of sp³-hybridized carbons (Fsp3) is 0.529. The molecular formula is C17H23FN2O4. The lowest BCUT2D eigenvalue weighted by molar-refractivity contribution is -0.137. The number of hydrogen-bond donors (Lipinski definition) is 2. The van der Waals surface area contributed by atoms with Gasteiger partial charge < -0.3 is 20.1 Å². The van der Waals surface area contributed by atoms with Crippen LogP contribution in [0, 0.1) is 5.82 Å². The van der Waals surface area contributed by atoms with Crippen molar-refractivity contribution in [1.29, 1.82) is 0 Å². The number of halogens is 1. The minimum Gasteiger partial charge on any atom is -0.481 e. The van der Waals surface area contributed by atoms with Crippen LogP contribution in [0.25, 0.3) is 0 Å². The van der Waals surface area contributed by atoms with E-state index in [4.69, 9.17) is 9.84 Å². The lowest BCUT2D eigenvalue weighted by Gasteiger charge is -2.32. The molecule has 1 saturated heterocycles. The first-order valence-corrected chi connectivity index (χ1v) is 8.16. The third kappa shape index (κ3) is 5.81. The number of nitrogens with zero attached hydrogens (tertiary/aromatic N) is 1. The highest BCUT2D eigenvalue weighted by atomic mass is 19.1. The minimum absolute atomic E-state index is 0.0364. The molecule has 1 aromatic rings.